The number of thiophene rings is 2. The summed E-state index contributed by atoms with van der Waals surface area (Å²) in [4.78, 5) is 65.7. The molecular formula is C92H114N2O7S2. The number of benzene rings is 8. The topological polar surface area (TPSA) is 102 Å². The highest BCUT2D eigenvalue weighted by Crippen LogP contribution is 2.54. The molecule has 0 aliphatic carbocycles. The molecule has 9 nitrogen and oxygen atoms in total. The molecule has 2 aliphatic heterocycles. The minimum Gasteiger partial charge on any atom is -0.496 e. The van der Waals surface area contributed by atoms with Gasteiger partial charge >= 0.3 is 0 Å². The number of fused-ring (bicyclic) bond motifs is 5. The zero-order chi connectivity index (χ0) is 71.9. The van der Waals surface area contributed by atoms with Crippen LogP contribution in [0.15, 0.2) is 84.2 Å². The van der Waals surface area contributed by atoms with Gasteiger partial charge in [0.1, 0.15) is 17.2 Å². The van der Waals surface area contributed by atoms with Crippen LogP contribution >= 0.6 is 22.7 Å². The summed E-state index contributed by atoms with van der Waals surface area (Å²) in [7, 11) is 1.74. The van der Waals surface area contributed by atoms with Crippen LogP contribution in [0.3, 0.4) is 0 Å². The maximum absolute atomic E-state index is 15.8. The summed E-state index contributed by atoms with van der Waals surface area (Å²) in [5.74, 6) is 0.534. The van der Waals surface area contributed by atoms with E-state index in [0.29, 0.717) is 69.1 Å². The third kappa shape index (κ3) is 16.8. The molecule has 8 aromatic carbocycles. The number of ether oxygens (including phenoxy) is 3. The van der Waals surface area contributed by atoms with Gasteiger partial charge in [-0.15, -0.1) is 22.7 Å². The lowest BCUT2D eigenvalue weighted by Crippen LogP contribution is -2.40. The van der Waals surface area contributed by atoms with E-state index in [0.717, 1.165) is 122 Å². The average molecular weight is 1420 g/mol. The standard InChI is InChI=1S/C92H114N2O7S2/c1-9-11-13-15-17-19-21-23-25-27-29-31-33-35-37-39-41-43-49-100-68-53-61(3)51-66(56-68)93-89(95)72-48-46-71-81-75(78-59-74-65(7)86(99-8)80-64(6)60-102-88(80)87(74)103-78)58-77-83-73(47-45-70(85(81)83)79-63(5)55-76(91(93)97)82(72)84(71)79)90(96)94(92(77)98)67-52-62(4)54-69(57-67)101-50-44-42-40-38-36-34-32-30-28-26-24-22-20-18-16-14-12-10-2/h45-48,51-60H,9-44,49-50H2,1-8H3. The van der Waals surface area contributed by atoms with Gasteiger partial charge < -0.3 is 14.2 Å². The van der Waals surface area contributed by atoms with Crippen molar-refractivity contribution < 1.29 is 33.4 Å². The fraction of sp³-hybridized carbons (Fsp3) is 0.500. The third-order valence-electron chi connectivity index (χ3n) is 22.5. The normalized spacial score (nSPS) is 13.2. The number of carbonyl (C=O) groups excluding carboxylic acids is 4. The molecule has 103 heavy (non-hydrogen) atoms. The molecule has 2 aliphatic rings. The number of aryl methyl sites for hydroxylation is 5. The van der Waals surface area contributed by atoms with Crippen molar-refractivity contribution >= 4 is 121 Å². The van der Waals surface area contributed by atoms with Crippen LogP contribution < -0.4 is 24.0 Å². The average Bonchev–Trinajstić information content (AvgIpc) is 1.05. The Balaban J connectivity index is 0.767. The van der Waals surface area contributed by atoms with Crippen molar-refractivity contribution in [3.63, 3.8) is 0 Å². The van der Waals surface area contributed by atoms with Gasteiger partial charge in [0, 0.05) is 71.9 Å². The zero-order valence-electron chi connectivity index (χ0n) is 63.5. The summed E-state index contributed by atoms with van der Waals surface area (Å²) < 4.78 is 21.3. The van der Waals surface area contributed by atoms with E-state index in [-0.39, 0.29) is 0 Å². The van der Waals surface area contributed by atoms with Gasteiger partial charge in [0.2, 0.25) is 0 Å². The molecule has 0 saturated carbocycles. The van der Waals surface area contributed by atoms with Gasteiger partial charge in [0.05, 0.1) is 41.1 Å². The quantitative estimate of drug-likeness (QED) is 0.0162. The van der Waals surface area contributed by atoms with Crippen molar-refractivity contribution in [2.24, 2.45) is 0 Å². The lowest BCUT2D eigenvalue weighted by molar-refractivity contribution is 0.0877. The molecule has 0 atom stereocenters. The summed E-state index contributed by atoms with van der Waals surface area (Å²) in [6, 6.07) is 25.5. The minimum absolute atomic E-state index is 0.392. The summed E-state index contributed by atoms with van der Waals surface area (Å²) in [6.45, 7) is 15.9. The number of anilines is 2. The number of amides is 4. The fourth-order valence-corrected chi connectivity index (χ4v) is 19.5. The van der Waals surface area contributed by atoms with E-state index in [9.17, 15) is 0 Å². The maximum Gasteiger partial charge on any atom is 0.266 e. The van der Waals surface area contributed by atoms with Crippen LogP contribution in [0.1, 0.15) is 314 Å². The Kier molecular flexibility index (Phi) is 26.4. The van der Waals surface area contributed by atoms with Crippen LogP contribution in [0.25, 0.3) is 73.7 Å². The summed E-state index contributed by atoms with van der Waals surface area (Å²) in [5, 5.41) is 10.6. The highest BCUT2D eigenvalue weighted by Gasteiger charge is 2.40. The number of hydrogen-bond donors (Lipinski definition) is 0. The van der Waals surface area contributed by atoms with Crippen molar-refractivity contribution in [3.8, 4) is 27.7 Å². The molecular weight excluding hydrogens is 1310 g/mol. The van der Waals surface area contributed by atoms with Crippen molar-refractivity contribution in [2.75, 3.05) is 30.1 Å². The van der Waals surface area contributed by atoms with E-state index >= 15 is 19.2 Å². The molecule has 546 valence electrons. The molecule has 10 aromatic rings. The van der Waals surface area contributed by atoms with Gasteiger partial charge in [0.15, 0.2) is 0 Å². The van der Waals surface area contributed by atoms with Gasteiger partial charge in [-0.3, -0.25) is 19.2 Å². The number of nitrogens with zero attached hydrogens (tertiary/aromatic N) is 2. The lowest BCUT2D eigenvalue weighted by Gasteiger charge is -2.31. The molecule has 4 heterocycles. The molecule has 0 N–H and O–H groups in total. The molecule has 4 amide bonds. The molecule has 0 saturated heterocycles. The van der Waals surface area contributed by atoms with Crippen LogP contribution in [0.2, 0.25) is 0 Å². The van der Waals surface area contributed by atoms with Gasteiger partial charge in [-0.1, -0.05) is 244 Å². The van der Waals surface area contributed by atoms with Crippen LogP contribution in [0, 0.1) is 34.6 Å². The molecule has 0 fully saturated rings. The smallest absolute Gasteiger partial charge is 0.266 e. The number of methoxy groups -OCH3 is 1. The maximum atomic E-state index is 15.8. The largest absolute Gasteiger partial charge is 0.496 e. The SMILES string of the molecule is CCCCCCCCCCCCCCCCCCCCOc1cc(C)cc(N2C(=O)c3ccc4c5c(-c6cc7c(C)c(OC)c8c(C)csc8c7s6)cc6c7c(ccc(c8c(C)cc(c3c48)C2=O)c75)C(=O)N(c2cc(C)cc(OCCCCCCCCCCCCCCCCCCCC)c2)C6=O)c1. The summed E-state index contributed by atoms with van der Waals surface area (Å²) in [5.41, 5.74) is 8.35. The second-order valence-corrected chi connectivity index (χ2v) is 32.5. The van der Waals surface area contributed by atoms with Crippen molar-refractivity contribution in [3.05, 3.63) is 134 Å². The Morgan fingerprint density at radius 3 is 1.16 bits per heavy atom. The second kappa shape index (κ2) is 36.1. The van der Waals surface area contributed by atoms with Crippen LogP contribution in [-0.4, -0.2) is 44.0 Å². The van der Waals surface area contributed by atoms with E-state index in [1.807, 2.05) is 93.6 Å². The minimum atomic E-state index is -0.405. The molecule has 0 unspecified atom stereocenters. The highest BCUT2D eigenvalue weighted by atomic mass is 32.1. The molecule has 11 heteroatoms. The van der Waals surface area contributed by atoms with Crippen molar-refractivity contribution in [1.82, 2.24) is 0 Å². The van der Waals surface area contributed by atoms with Crippen LogP contribution in [0.4, 0.5) is 11.4 Å². The summed E-state index contributed by atoms with van der Waals surface area (Å²) in [6.07, 6.45) is 47.4. The number of carbonyl (C=O) groups is 4. The Morgan fingerprint density at radius 1 is 0.340 bits per heavy atom. The fourth-order valence-electron chi connectivity index (χ4n) is 17.0. The first-order valence-electron chi connectivity index (χ1n) is 40.3. The Labute approximate surface area is 622 Å². The number of rotatable bonds is 44. The van der Waals surface area contributed by atoms with Crippen LogP contribution in [0.5, 0.6) is 17.2 Å². The van der Waals surface area contributed by atoms with E-state index in [4.69, 9.17) is 14.2 Å². The molecule has 0 spiro atoms. The number of hydrogen-bond acceptors (Lipinski definition) is 9. The number of unbranched alkanes of at least 4 members (excludes halogenated alkanes) is 34. The predicted molar refractivity (Wildman–Crippen MR) is 438 cm³/mol. The van der Waals surface area contributed by atoms with E-state index < -0.39 is 23.6 Å². The van der Waals surface area contributed by atoms with E-state index in [2.05, 4.69) is 39.1 Å². The first-order valence-corrected chi connectivity index (χ1v) is 42.0. The van der Waals surface area contributed by atoms with Gasteiger partial charge in [-0.25, -0.2) is 9.80 Å². The van der Waals surface area contributed by atoms with Crippen molar-refractivity contribution in [1.29, 1.82) is 0 Å². The lowest BCUT2D eigenvalue weighted by atomic mass is 9.79. The Morgan fingerprint density at radius 2 is 0.728 bits per heavy atom. The number of imide groups is 2. The zero-order valence-corrected chi connectivity index (χ0v) is 65.2. The highest BCUT2D eigenvalue weighted by molar-refractivity contribution is 7.28. The van der Waals surface area contributed by atoms with Gasteiger partial charge in [-0.05, 0) is 162 Å². The Hall–Kier alpha value is -7.34. The second-order valence-electron chi connectivity index (χ2n) is 30.5. The summed E-state index contributed by atoms with van der Waals surface area (Å²) >= 11 is 3.40. The predicted octanol–water partition coefficient (Wildman–Crippen LogP) is 27.8. The first kappa shape index (κ1) is 75.3. The van der Waals surface area contributed by atoms with E-state index in [1.165, 1.54) is 215 Å². The molecule has 12 rings (SSSR count). The monoisotopic (exact) mass is 1420 g/mol. The first-order chi connectivity index (χ1) is 50.3. The van der Waals surface area contributed by atoms with Gasteiger partial charge in [-0.2, -0.15) is 0 Å². The Bertz CT molecular complexity index is 4630. The molecule has 2 aromatic heterocycles. The van der Waals surface area contributed by atoms with Gasteiger partial charge in [0.25, 0.3) is 23.6 Å². The molecule has 0 radical (unpaired) electrons. The third-order valence-corrected chi connectivity index (χ3v) is 24.9. The van der Waals surface area contributed by atoms with E-state index in [1.54, 1.807) is 29.8 Å². The molecule has 0 bridgehead atoms. The van der Waals surface area contributed by atoms with Crippen LogP contribution in [-0.2, 0) is 0 Å². The van der Waals surface area contributed by atoms with Crippen molar-refractivity contribution in [2.45, 2.75) is 280 Å².